The van der Waals surface area contributed by atoms with Crippen LogP contribution in [-0.2, 0) is 4.79 Å². The summed E-state index contributed by atoms with van der Waals surface area (Å²) in [5, 5.41) is 0.732. The number of hydrogen-bond donors (Lipinski definition) is 1. The quantitative estimate of drug-likeness (QED) is 0.929. The Kier molecular flexibility index (Phi) is 3.74. The van der Waals surface area contributed by atoms with Gasteiger partial charge in [-0.1, -0.05) is 23.7 Å². The molecule has 1 saturated carbocycles. The summed E-state index contributed by atoms with van der Waals surface area (Å²) in [6.07, 6.45) is 5.68. The summed E-state index contributed by atoms with van der Waals surface area (Å²) in [6.45, 7) is 0.839. The van der Waals surface area contributed by atoms with Gasteiger partial charge in [-0.3, -0.25) is 4.79 Å². The van der Waals surface area contributed by atoms with Gasteiger partial charge in [0.15, 0.2) is 0 Å². The van der Waals surface area contributed by atoms with Crippen molar-refractivity contribution in [2.24, 2.45) is 5.73 Å². The zero-order chi connectivity index (χ0) is 14.2. The van der Waals surface area contributed by atoms with Crippen molar-refractivity contribution in [3.8, 4) is 0 Å². The maximum atomic E-state index is 12.5. The Labute approximate surface area is 125 Å². The van der Waals surface area contributed by atoms with Crippen LogP contribution in [0, 0.1) is 0 Å². The molecule has 0 unspecified atom stereocenters. The van der Waals surface area contributed by atoms with E-state index >= 15 is 0 Å². The lowest BCUT2D eigenvalue weighted by Crippen LogP contribution is -2.50. The summed E-state index contributed by atoms with van der Waals surface area (Å²) in [4.78, 5) is 14.5. The number of benzene rings is 1. The molecule has 1 aromatic rings. The minimum Gasteiger partial charge on any atom is -0.336 e. The van der Waals surface area contributed by atoms with Crippen LogP contribution >= 0.6 is 11.6 Å². The van der Waals surface area contributed by atoms with Gasteiger partial charge in [-0.25, -0.2) is 0 Å². The molecule has 1 amide bonds. The van der Waals surface area contributed by atoms with Gasteiger partial charge in [-0.2, -0.15) is 0 Å². The Morgan fingerprint density at radius 1 is 1.40 bits per heavy atom. The Morgan fingerprint density at radius 3 is 2.85 bits per heavy atom. The minimum atomic E-state index is -0.238. The third kappa shape index (κ3) is 2.70. The number of halogens is 1. The molecule has 0 radical (unpaired) electrons. The molecule has 2 aliphatic rings. The zero-order valence-electron chi connectivity index (χ0n) is 11.6. The van der Waals surface area contributed by atoms with Crippen LogP contribution in [0.1, 0.15) is 50.1 Å². The Hall–Kier alpha value is -1.06. The highest BCUT2D eigenvalue weighted by atomic mass is 35.5. The average molecular weight is 293 g/mol. The predicted molar refractivity (Wildman–Crippen MR) is 80.5 cm³/mol. The average Bonchev–Trinajstić information content (AvgIpc) is 2.86. The largest absolute Gasteiger partial charge is 0.336 e. The van der Waals surface area contributed by atoms with Crippen LogP contribution in [0.3, 0.4) is 0 Å². The van der Waals surface area contributed by atoms with E-state index in [0.717, 1.165) is 49.2 Å². The SMILES string of the molecule is NC1(CC(=O)N2CCC[C@@H]2c2cccc(Cl)c2)CCC1. The number of rotatable bonds is 3. The van der Waals surface area contributed by atoms with E-state index in [1.807, 2.05) is 23.1 Å². The molecule has 3 nitrogen and oxygen atoms in total. The molecule has 2 N–H and O–H groups in total. The minimum absolute atomic E-state index is 0.171. The fourth-order valence-corrected chi connectivity index (χ4v) is 3.53. The Bertz CT molecular complexity index is 513. The molecule has 1 atom stereocenters. The van der Waals surface area contributed by atoms with Crippen molar-refractivity contribution in [3.05, 3.63) is 34.9 Å². The molecule has 1 heterocycles. The number of hydrogen-bond acceptors (Lipinski definition) is 2. The highest BCUT2D eigenvalue weighted by Crippen LogP contribution is 2.37. The highest BCUT2D eigenvalue weighted by Gasteiger charge is 2.38. The van der Waals surface area contributed by atoms with Gasteiger partial charge < -0.3 is 10.6 Å². The van der Waals surface area contributed by atoms with Gasteiger partial charge in [0.2, 0.25) is 5.91 Å². The molecule has 108 valence electrons. The third-order valence-electron chi connectivity index (χ3n) is 4.66. The summed E-state index contributed by atoms with van der Waals surface area (Å²) in [7, 11) is 0. The van der Waals surface area contributed by atoms with Crippen LogP contribution in [-0.4, -0.2) is 22.9 Å². The third-order valence-corrected chi connectivity index (χ3v) is 4.89. The fourth-order valence-electron chi connectivity index (χ4n) is 3.34. The first-order chi connectivity index (χ1) is 9.57. The normalized spacial score (nSPS) is 24.5. The van der Waals surface area contributed by atoms with Crippen molar-refractivity contribution in [3.63, 3.8) is 0 Å². The number of carbonyl (C=O) groups is 1. The molecule has 0 bridgehead atoms. The monoisotopic (exact) mass is 292 g/mol. The number of nitrogens with zero attached hydrogens (tertiary/aromatic N) is 1. The lowest BCUT2D eigenvalue weighted by atomic mass is 9.75. The van der Waals surface area contributed by atoms with E-state index in [9.17, 15) is 4.79 Å². The molecule has 3 rings (SSSR count). The molecule has 1 aromatic carbocycles. The van der Waals surface area contributed by atoms with Crippen LogP contribution in [0.15, 0.2) is 24.3 Å². The molecule has 0 aromatic heterocycles. The second kappa shape index (κ2) is 5.38. The number of carbonyl (C=O) groups excluding carboxylic acids is 1. The summed E-state index contributed by atoms with van der Waals surface area (Å²) >= 11 is 6.07. The lowest BCUT2D eigenvalue weighted by molar-refractivity contribution is -0.134. The summed E-state index contributed by atoms with van der Waals surface area (Å²) < 4.78 is 0. The van der Waals surface area contributed by atoms with Crippen LogP contribution in [0.2, 0.25) is 5.02 Å². The van der Waals surface area contributed by atoms with Crippen LogP contribution in [0.25, 0.3) is 0 Å². The molecular formula is C16H21ClN2O. The maximum Gasteiger partial charge on any atom is 0.224 e. The standard InChI is InChI=1S/C16H21ClN2O/c17-13-5-1-4-12(10-13)14-6-2-9-19(14)15(20)11-16(18)7-3-8-16/h1,4-5,10,14H,2-3,6-9,11,18H2/t14-/m1/s1. The number of likely N-dealkylation sites (tertiary alicyclic amines) is 1. The summed E-state index contributed by atoms with van der Waals surface area (Å²) in [6, 6.07) is 8.03. The van der Waals surface area contributed by atoms with Crippen molar-refractivity contribution in [1.82, 2.24) is 4.90 Å². The summed E-state index contributed by atoms with van der Waals surface area (Å²) in [5.41, 5.74) is 7.12. The molecule has 4 heteroatoms. The van der Waals surface area contributed by atoms with Crippen molar-refractivity contribution in [2.75, 3.05) is 6.54 Å². The van der Waals surface area contributed by atoms with Crippen molar-refractivity contribution >= 4 is 17.5 Å². The fraction of sp³-hybridized carbons (Fsp3) is 0.562. The van der Waals surface area contributed by atoms with E-state index in [-0.39, 0.29) is 17.5 Å². The van der Waals surface area contributed by atoms with Gasteiger partial charge in [0.1, 0.15) is 0 Å². The molecule has 1 saturated heterocycles. The van der Waals surface area contributed by atoms with E-state index in [2.05, 4.69) is 6.07 Å². The number of nitrogens with two attached hydrogens (primary N) is 1. The lowest BCUT2D eigenvalue weighted by Gasteiger charge is -2.39. The van der Waals surface area contributed by atoms with E-state index in [4.69, 9.17) is 17.3 Å². The van der Waals surface area contributed by atoms with Crippen LogP contribution in [0.4, 0.5) is 0 Å². The smallest absolute Gasteiger partial charge is 0.224 e. The second-order valence-electron chi connectivity index (χ2n) is 6.19. The highest BCUT2D eigenvalue weighted by molar-refractivity contribution is 6.30. The molecule has 1 aliphatic carbocycles. The van der Waals surface area contributed by atoms with Gasteiger partial charge in [0.25, 0.3) is 0 Å². The van der Waals surface area contributed by atoms with Crippen LogP contribution < -0.4 is 5.73 Å². The van der Waals surface area contributed by atoms with E-state index in [0.29, 0.717) is 6.42 Å². The molecular weight excluding hydrogens is 272 g/mol. The topological polar surface area (TPSA) is 46.3 Å². The van der Waals surface area contributed by atoms with E-state index in [1.54, 1.807) is 0 Å². The Morgan fingerprint density at radius 2 is 2.20 bits per heavy atom. The van der Waals surface area contributed by atoms with Gasteiger partial charge in [-0.05, 0) is 49.8 Å². The van der Waals surface area contributed by atoms with Gasteiger partial charge >= 0.3 is 0 Å². The predicted octanol–water partition coefficient (Wildman–Crippen LogP) is 3.28. The van der Waals surface area contributed by atoms with Crippen molar-refractivity contribution in [2.45, 2.75) is 50.1 Å². The first-order valence-electron chi connectivity index (χ1n) is 7.41. The van der Waals surface area contributed by atoms with Gasteiger partial charge in [0, 0.05) is 23.5 Å². The van der Waals surface area contributed by atoms with Gasteiger partial charge in [0.05, 0.1) is 6.04 Å². The van der Waals surface area contributed by atoms with Crippen LogP contribution in [0.5, 0.6) is 0 Å². The number of amides is 1. The van der Waals surface area contributed by atoms with Gasteiger partial charge in [-0.15, -0.1) is 0 Å². The first kappa shape index (κ1) is 13.9. The first-order valence-corrected chi connectivity index (χ1v) is 7.79. The summed E-state index contributed by atoms with van der Waals surface area (Å²) in [5.74, 6) is 0.203. The zero-order valence-corrected chi connectivity index (χ0v) is 12.4. The van der Waals surface area contributed by atoms with E-state index < -0.39 is 0 Å². The molecule has 1 aliphatic heterocycles. The van der Waals surface area contributed by atoms with Crippen molar-refractivity contribution in [1.29, 1.82) is 0 Å². The van der Waals surface area contributed by atoms with Crippen molar-refractivity contribution < 1.29 is 4.79 Å². The molecule has 0 spiro atoms. The van der Waals surface area contributed by atoms with E-state index in [1.165, 1.54) is 0 Å². The Balaban J connectivity index is 1.73. The maximum absolute atomic E-state index is 12.5. The molecule has 2 fully saturated rings. The second-order valence-corrected chi connectivity index (χ2v) is 6.63. The molecule has 20 heavy (non-hydrogen) atoms.